The molecule has 0 aliphatic heterocycles. The van der Waals surface area contributed by atoms with Gasteiger partial charge in [-0.3, -0.25) is 4.79 Å². The number of allylic oxidation sites excluding steroid dienone is 1. The molecule has 0 amide bonds. The fourth-order valence-electron chi connectivity index (χ4n) is 3.55. The molecule has 3 nitrogen and oxygen atoms in total. The van der Waals surface area contributed by atoms with Crippen LogP contribution >= 0.6 is 11.8 Å². The quantitative estimate of drug-likeness (QED) is 0.260. The van der Waals surface area contributed by atoms with E-state index in [1.807, 2.05) is 36.0 Å². The standard InChI is InChI=1S/C26H26O3S/c27-24(20-25(28)29)18-10-11-19-30-26(21-12-4-1-5-13-21,22-14-6-2-7-15-22)23-16-8-3-9-17-23/h1-10,12-18,24,27H,11,19-20H2,(H,28,29). The minimum atomic E-state index is -1.00. The molecule has 4 heteroatoms. The van der Waals surface area contributed by atoms with Crippen LogP contribution in [0.25, 0.3) is 0 Å². The molecule has 1 unspecified atom stereocenters. The van der Waals surface area contributed by atoms with Crippen LogP contribution in [0, 0.1) is 0 Å². The number of benzene rings is 3. The van der Waals surface area contributed by atoms with Gasteiger partial charge in [0, 0.05) is 0 Å². The van der Waals surface area contributed by atoms with E-state index >= 15 is 0 Å². The lowest BCUT2D eigenvalue weighted by Gasteiger charge is -2.35. The zero-order chi connectivity index (χ0) is 21.2. The second-order valence-electron chi connectivity index (χ2n) is 7.01. The maximum atomic E-state index is 10.7. The van der Waals surface area contributed by atoms with Gasteiger partial charge < -0.3 is 10.2 Å². The van der Waals surface area contributed by atoms with E-state index in [-0.39, 0.29) is 11.2 Å². The Morgan fingerprint density at radius 2 is 1.27 bits per heavy atom. The number of carboxylic acids is 1. The second-order valence-corrected chi connectivity index (χ2v) is 8.32. The average molecular weight is 419 g/mol. The lowest BCUT2D eigenvalue weighted by molar-refractivity contribution is -0.138. The third kappa shape index (κ3) is 5.41. The molecule has 0 aliphatic carbocycles. The molecule has 2 N–H and O–H groups in total. The van der Waals surface area contributed by atoms with Crippen LogP contribution in [0.2, 0.25) is 0 Å². The van der Waals surface area contributed by atoms with Gasteiger partial charge in [0.15, 0.2) is 0 Å². The van der Waals surface area contributed by atoms with E-state index in [0.29, 0.717) is 0 Å². The summed E-state index contributed by atoms with van der Waals surface area (Å²) in [6.45, 7) is 0. The Morgan fingerprint density at radius 3 is 1.67 bits per heavy atom. The van der Waals surface area contributed by atoms with E-state index < -0.39 is 12.1 Å². The maximum Gasteiger partial charge on any atom is 0.306 e. The largest absolute Gasteiger partial charge is 0.481 e. The normalized spacial score (nSPS) is 12.7. The third-order valence-corrected chi connectivity index (χ3v) is 6.47. The summed E-state index contributed by atoms with van der Waals surface area (Å²) >= 11 is 1.84. The van der Waals surface area contributed by atoms with E-state index in [4.69, 9.17) is 5.11 Å². The van der Waals surface area contributed by atoms with E-state index in [9.17, 15) is 9.90 Å². The Kier molecular flexibility index (Phi) is 7.89. The summed E-state index contributed by atoms with van der Waals surface area (Å²) in [5.41, 5.74) is 3.63. The lowest BCUT2D eigenvalue weighted by Crippen LogP contribution is -2.26. The minimum Gasteiger partial charge on any atom is -0.481 e. The molecule has 154 valence electrons. The highest BCUT2D eigenvalue weighted by molar-refractivity contribution is 8.00. The van der Waals surface area contributed by atoms with E-state index in [1.54, 1.807) is 6.08 Å². The molecule has 0 saturated carbocycles. The maximum absolute atomic E-state index is 10.7. The highest BCUT2D eigenvalue weighted by Gasteiger charge is 2.36. The van der Waals surface area contributed by atoms with Crippen molar-refractivity contribution in [2.75, 3.05) is 5.75 Å². The zero-order valence-corrected chi connectivity index (χ0v) is 17.5. The fraction of sp³-hybridized carbons (Fsp3) is 0.192. The third-order valence-electron chi connectivity index (χ3n) is 4.89. The van der Waals surface area contributed by atoms with Crippen molar-refractivity contribution in [2.45, 2.75) is 23.7 Å². The van der Waals surface area contributed by atoms with Gasteiger partial charge in [0.2, 0.25) is 0 Å². The van der Waals surface area contributed by atoms with E-state index in [2.05, 4.69) is 72.8 Å². The van der Waals surface area contributed by atoms with Crippen LogP contribution in [0.15, 0.2) is 103 Å². The van der Waals surface area contributed by atoms with Gasteiger partial charge in [-0.15, -0.1) is 11.8 Å². The van der Waals surface area contributed by atoms with Gasteiger partial charge in [0.05, 0.1) is 17.3 Å². The molecular formula is C26H26O3S. The van der Waals surface area contributed by atoms with Crippen LogP contribution < -0.4 is 0 Å². The van der Waals surface area contributed by atoms with Gasteiger partial charge in [-0.05, 0) is 28.9 Å². The smallest absolute Gasteiger partial charge is 0.306 e. The summed E-state index contributed by atoms with van der Waals surface area (Å²) in [5.74, 6) is -0.188. The number of rotatable bonds is 10. The van der Waals surface area contributed by atoms with Gasteiger partial charge >= 0.3 is 5.97 Å². The van der Waals surface area contributed by atoms with E-state index in [0.717, 1.165) is 12.2 Å². The highest BCUT2D eigenvalue weighted by atomic mass is 32.2. The minimum absolute atomic E-state index is 0.272. The van der Waals surface area contributed by atoms with Gasteiger partial charge in [0.25, 0.3) is 0 Å². The molecule has 3 aromatic carbocycles. The number of aliphatic carboxylic acids is 1. The lowest BCUT2D eigenvalue weighted by atomic mass is 9.84. The number of hydrogen-bond acceptors (Lipinski definition) is 3. The Hall–Kier alpha value is -2.82. The Bertz CT molecular complexity index is 843. The van der Waals surface area contributed by atoms with Crippen molar-refractivity contribution in [3.05, 3.63) is 120 Å². The average Bonchev–Trinajstić information content (AvgIpc) is 2.78. The van der Waals surface area contributed by atoms with Gasteiger partial charge in [-0.2, -0.15) is 0 Å². The van der Waals surface area contributed by atoms with Crippen molar-refractivity contribution in [2.24, 2.45) is 0 Å². The van der Waals surface area contributed by atoms with Crippen LogP contribution in [0.4, 0.5) is 0 Å². The molecule has 0 radical (unpaired) electrons. The van der Waals surface area contributed by atoms with Crippen molar-refractivity contribution in [1.29, 1.82) is 0 Å². The summed E-state index contributed by atoms with van der Waals surface area (Å²) in [7, 11) is 0. The number of hydrogen-bond donors (Lipinski definition) is 2. The molecule has 3 rings (SSSR count). The molecule has 0 bridgehead atoms. The summed E-state index contributed by atoms with van der Waals surface area (Å²) in [4.78, 5) is 10.7. The molecule has 0 aliphatic rings. The molecule has 0 heterocycles. The molecule has 30 heavy (non-hydrogen) atoms. The van der Waals surface area contributed by atoms with Crippen molar-refractivity contribution in [3.8, 4) is 0 Å². The van der Waals surface area contributed by atoms with Gasteiger partial charge in [-0.25, -0.2) is 0 Å². The Morgan fingerprint density at radius 1 is 0.833 bits per heavy atom. The van der Waals surface area contributed by atoms with Crippen LogP contribution in [0.5, 0.6) is 0 Å². The summed E-state index contributed by atoms with van der Waals surface area (Å²) in [6, 6.07) is 31.5. The van der Waals surface area contributed by atoms with Crippen molar-refractivity contribution < 1.29 is 15.0 Å². The molecule has 0 spiro atoms. The van der Waals surface area contributed by atoms with Crippen molar-refractivity contribution in [3.63, 3.8) is 0 Å². The van der Waals surface area contributed by atoms with Gasteiger partial charge in [0.1, 0.15) is 0 Å². The molecule has 0 saturated heterocycles. The SMILES string of the molecule is O=C(O)CC(O)C=CCCSC(c1ccccc1)(c1ccccc1)c1ccccc1. The molecule has 1 atom stereocenters. The predicted molar refractivity (Wildman–Crippen MR) is 124 cm³/mol. The van der Waals surface area contributed by atoms with Crippen molar-refractivity contribution >= 4 is 17.7 Å². The number of carboxylic acid groups (broad SMARTS) is 1. The molecule has 0 fully saturated rings. The van der Waals surface area contributed by atoms with Crippen molar-refractivity contribution in [1.82, 2.24) is 0 Å². The first-order valence-electron chi connectivity index (χ1n) is 10.00. The molecule has 0 aromatic heterocycles. The van der Waals surface area contributed by atoms with Crippen LogP contribution in [-0.2, 0) is 9.54 Å². The predicted octanol–water partition coefficient (Wildman–Crippen LogP) is 5.49. The topological polar surface area (TPSA) is 57.5 Å². The van der Waals surface area contributed by atoms with Gasteiger partial charge in [-0.1, -0.05) is 103 Å². The van der Waals surface area contributed by atoms with Crippen LogP contribution in [0.3, 0.4) is 0 Å². The molecule has 3 aromatic rings. The van der Waals surface area contributed by atoms with Crippen LogP contribution in [-0.4, -0.2) is 28.0 Å². The summed E-state index contributed by atoms with van der Waals surface area (Å²) in [6.07, 6.45) is 2.95. The number of thioether (sulfide) groups is 1. The van der Waals surface area contributed by atoms with Crippen LogP contribution in [0.1, 0.15) is 29.5 Å². The Labute approximate surface area is 182 Å². The van der Waals surface area contributed by atoms with E-state index in [1.165, 1.54) is 16.7 Å². The Balaban J connectivity index is 1.92. The summed E-state index contributed by atoms with van der Waals surface area (Å²) in [5, 5.41) is 18.5. The molecular weight excluding hydrogens is 392 g/mol. The number of aliphatic hydroxyl groups excluding tert-OH is 1. The second kappa shape index (κ2) is 10.8. The number of carbonyl (C=O) groups is 1. The summed E-state index contributed by atoms with van der Waals surface area (Å²) < 4.78 is -0.364. The highest BCUT2D eigenvalue weighted by Crippen LogP contribution is 2.48. The number of aliphatic hydroxyl groups is 1. The monoisotopic (exact) mass is 418 g/mol. The first kappa shape index (κ1) is 21.9. The zero-order valence-electron chi connectivity index (χ0n) is 16.7. The fourth-order valence-corrected chi connectivity index (χ4v) is 5.02. The first-order chi connectivity index (χ1) is 14.6. The first-order valence-corrected chi connectivity index (χ1v) is 11.0.